The molecule has 0 aliphatic carbocycles. The Morgan fingerprint density at radius 2 is 2.20 bits per heavy atom. The van der Waals surface area contributed by atoms with E-state index in [1.807, 2.05) is 23.9 Å². The van der Waals surface area contributed by atoms with E-state index < -0.39 is 0 Å². The number of nitrogens with one attached hydrogen (secondary N) is 1. The van der Waals surface area contributed by atoms with Gasteiger partial charge >= 0.3 is 0 Å². The Hall–Kier alpha value is -0.740. The Kier molecular flexibility index (Phi) is 3.86. The van der Waals surface area contributed by atoms with Gasteiger partial charge in [-0.15, -0.1) is 11.8 Å². The minimum absolute atomic E-state index is 0.737. The van der Waals surface area contributed by atoms with Gasteiger partial charge in [-0.05, 0) is 44.0 Å². The van der Waals surface area contributed by atoms with Crippen molar-refractivity contribution in [3.8, 4) is 0 Å². The van der Waals surface area contributed by atoms with E-state index >= 15 is 0 Å². The van der Waals surface area contributed by atoms with Crippen molar-refractivity contribution in [2.45, 2.75) is 17.9 Å². The summed E-state index contributed by atoms with van der Waals surface area (Å²) in [6.07, 6.45) is 4.31. The predicted octanol–water partition coefficient (Wildman–Crippen LogP) is 1.76. The molecule has 1 aromatic rings. The molecule has 15 heavy (non-hydrogen) atoms. The molecular formula is C11H17N3S. The number of pyridine rings is 1. The number of nitrogen functional groups attached to an aromatic ring is 1. The highest BCUT2D eigenvalue weighted by Gasteiger charge is 2.13. The second-order valence-electron chi connectivity index (χ2n) is 3.93. The van der Waals surface area contributed by atoms with Crippen LogP contribution in [-0.2, 0) is 0 Å². The monoisotopic (exact) mass is 223 g/mol. The molecule has 0 unspecified atom stereocenters. The maximum atomic E-state index is 5.59. The van der Waals surface area contributed by atoms with Crippen LogP contribution >= 0.6 is 11.8 Å². The van der Waals surface area contributed by atoms with Crippen molar-refractivity contribution in [1.82, 2.24) is 10.3 Å². The summed E-state index contributed by atoms with van der Waals surface area (Å²) in [6.45, 7) is 2.33. The molecule has 1 saturated heterocycles. The molecule has 82 valence electrons. The topological polar surface area (TPSA) is 50.9 Å². The Morgan fingerprint density at radius 1 is 1.40 bits per heavy atom. The molecule has 0 atom stereocenters. The maximum absolute atomic E-state index is 5.59. The lowest BCUT2D eigenvalue weighted by molar-refractivity contribution is 0.408. The largest absolute Gasteiger partial charge is 0.397 e. The molecule has 2 heterocycles. The van der Waals surface area contributed by atoms with Crippen molar-refractivity contribution in [3.63, 3.8) is 0 Å². The number of aromatic nitrogens is 1. The van der Waals surface area contributed by atoms with Crippen LogP contribution in [-0.4, -0.2) is 23.8 Å². The highest BCUT2D eigenvalue weighted by Crippen LogP contribution is 2.23. The van der Waals surface area contributed by atoms with Crippen LogP contribution < -0.4 is 11.1 Å². The normalized spacial score (nSPS) is 17.9. The summed E-state index contributed by atoms with van der Waals surface area (Å²) >= 11 is 1.84. The van der Waals surface area contributed by atoms with Crippen molar-refractivity contribution in [1.29, 1.82) is 0 Å². The van der Waals surface area contributed by atoms with Gasteiger partial charge in [0.1, 0.15) is 0 Å². The molecule has 1 aliphatic heterocycles. The Balaban J connectivity index is 1.79. The number of anilines is 1. The average Bonchev–Trinajstić information content (AvgIpc) is 2.30. The molecule has 2 rings (SSSR count). The van der Waals surface area contributed by atoms with Gasteiger partial charge in [0.15, 0.2) is 0 Å². The maximum Gasteiger partial charge on any atom is 0.0961 e. The van der Waals surface area contributed by atoms with Gasteiger partial charge in [0.25, 0.3) is 0 Å². The first-order valence-corrected chi connectivity index (χ1v) is 6.38. The Morgan fingerprint density at radius 3 is 2.87 bits per heavy atom. The van der Waals surface area contributed by atoms with Crippen LogP contribution in [0.2, 0.25) is 0 Å². The molecule has 0 radical (unpaired) electrons. The van der Waals surface area contributed by atoms with Crippen molar-refractivity contribution >= 4 is 17.4 Å². The number of hydrogen-bond acceptors (Lipinski definition) is 4. The fourth-order valence-electron chi connectivity index (χ4n) is 1.73. The first kappa shape index (κ1) is 10.8. The quantitative estimate of drug-likeness (QED) is 0.767. The van der Waals surface area contributed by atoms with Gasteiger partial charge in [0.2, 0.25) is 0 Å². The third kappa shape index (κ3) is 3.39. The van der Waals surface area contributed by atoms with Gasteiger partial charge in [0, 0.05) is 5.75 Å². The summed E-state index contributed by atoms with van der Waals surface area (Å²) in [7, 11) is 0. The van der Waals surface area contributed by atoms with Crippen molar-refractivity contribution in [2.24, 2.45) is 5.92 Å². The molecule has 3 nitrogen and oxygen atoms in total. The Labute approximate surface area is 94.8 Å². The third-order valence-electron chi connectivity index (χ3n) is 2.68. The fourth-order valence-corrected chi connectivity index (χ4v) is 2.76. The smallest absolute Gasteiger partial charge is 0.0961 e. The molecule has 1 aliphatic rings. The number of nitrogens with two attached hydrogens (primary N) is 1. The predicted molar refractivity (Wildman–Crippen MR) is 65.0 cm³/mol. The van der Waals surface area contributed by atoms with Gasteiger partial charge in [-0.1, -0.05) is 0 Å². The molecule has 0 spiro atoms. The zero-order valence-electron chi connectivity index (χ0n) is 8.78. The lowest BCUT2D eigenvalue weighted by Crippen LogP contribution is -2.28. The molecule has 3 N–H and O–H groups in total. The van der Waals surface area contributed by atoms with Crippen LogP contribution in [0, 0.1) is 5.92 Å². The van der Waals surface area contributed by atoms with E-state index in [2.05, 4.69) is 10.3 Å². The molecule has 0 aromatic carbocycles. The van der Waals surface area contributed by atoms with E-state index in [-0.39, 0.29) is 0 Å². The lowest BCUT2D eigenvalue weighted by atomic mass is 10.0. The summed E-state index contributed by atoms with van der Waals surface area (Å²) in [4.78, 5) is 4.29. The molecule has 0 bridgehead atoms. The number of hydrogen-bond donors (Lipinski definition) is 2. The summed E-state index contributed by atoms with van der Waals surface area (Å²) in [5.74, 6) is 2.02. The van der Waals surface area contributed by atoms with E-state index in [4.69, 9.17) is 5.73 Å². The zero-order valence-corrected chi connectivity index (χ0v) is 9.59. The summed E-state index contributed by atoms with van der Waals surface area (Å²) in [5, 5.41) is 4.46. The summed E-state index contributed by atoms with van der Waals surface area (Å²) in [6, 6.07) is 3.92. The molecule has 0 amide bonds. The fraction of sp³-hybridized carbons (Fsp3) is 0.545. The molecule has 4 heteroatoms. The van der Waals surface area contributed by atoms with E-state index in [0.717, 1.165) is 16.6 Å². The van der Waals surface area contributed by atoms with Crippen LogP contribution in [0.3, 0.4) is 0 Å². The highest BCUT2D eigenvalue weighted by atomic mass is 32.2. The molecular weight excluding hydrogens is 206 g/mol. The van der Waals surface area contributed by atoms with Crippen LogP contribution in [0.4, 0.5) is 5.69 Å². The van der Waals surface area contributed by atoms with Crippen LogP contribution in [0.25, 0.3) is 0 Å². The van der Waals surface area contributed by atoms with Crippen LogP contribution in [0.1, 0.15) is 12.8 Å². The van der Waals surface area contributed by atoms with Crippen molar-refractivity contribution < 1.29 is 0 Å². The Bertz CT molecular complexity index is 293. The van der Waals surface area contributed by atoms with Gasteiger partial charge in [0.05, 0.1) is 16.9 Å². The van der Waals surface area contributed by atoms with Crippen LogP contribution in [0.5, 0.6) is 0 Å². The number of rotatable bonds is 3. The van der Waals surface area contributed by atoms with Gasteiger partial charge in [-0.3, -0.25) is 0 Å². The second kappa shape index (κ2) is 5.37. The van der Waals surface area contributed by atoms with Crippen molar-refractivity contribution in [2.75, 3.05) is 24.6 Å². The zero-order chi connectivity index (χ0) is 10.5. The third-order valence-corrected chi connectivity index (χ3v) is 3.86. The van der Waals surface area contributed by atoms with Crippen LogP contribution in [0.15, 0.2) is 23.4 Å². The summed E-state index contributed by atoms with van der Waals surface area (Å²) in [5.41, 5.74) is 6.32. The van der Waals surface area contributed by atoms with E-state index in [1.165, 1.54) is 31.7 Å². The second-order valence-corrected chi connectivity index (χ2v) is 4.97. The minimum Gasteiger partial charge on any atom is -0.397 e. The lowest BCUT2D eigenvalue weighted by Gasteiger charge is -2.21. The first-order valence-electron chi connectivity index (χ1n) is 5.39. The highest BCUT2D eigenvalue weighted by molar-refractivity contribution is 7.99. The minimum atomic E-state index is 0.737. The molecule has 1 fully saturated rings. The number of thioether (sulfide) groups is 1. The molecule has 0 saturated carbocycles. The van der Waals surface area contributed by atoms with Gasteiger partial charge in [-0.2, -0.15) is 0 Å². The van der Waals surface area contributed by atoms with E-state index in [0.29, 0.717) is 0 Å². The van der Waals surface area contributed by atoms with Gasteiger partial charge < -0.3 is 11.1 Å². The van der Waals surface area contributed by atoms with E-state index in [9.17, 15) is 0 Å². The van der Waals surface area contributed by atoms with Gasteiger partial charge in [-0.25, -0.2) is 4.98 Å². The van der Waals surface area contributed by atoms with Crippen molar-refractivity contribution in [3.05, 3.63) is 18.3 Å². The average molecular weight is 223 g/mol. The molecule has 1 aromatic heterocycles. The van der Waals surface area contributed by atoms with E-state index in [1.54, 1.807) is 6.20 Å². The number of nitrogens with zero attached hydrogens (tertiary/aromatic N) is 1. The number of piperidine rings is 1. The summed E-state index contributed by atoms with van der Waals surface area (Å²) < 4.78 is 0. The standard InChI is InChI=1S/C11H17N3S/c12-10-1-2-11(14-7-10)15-8-9-3-5-13-6-4-9/h1-2,7,9,13H,3-6,8,12H2. The first-order chi connectivity index (χ1) is 7.34. The SMILES string of the molecule is Nc1ccc(SCC2CCNCC2)nc1.